The third-order valence-corrected chi connectivity index (χ3v) is 5.75. The molecule has 25 heavy (non-hydrogen) atoms. The van der Waals surface area contributed by atoms with E-state index in [1.807, 2.05) is 0 Å². The van der Waals surface area contributed by atoms with Gasteiger partial charge in [-0.1, -0.05) is 64.2 Å². The molecule has 0 aromatic carbocycles. The molecule has 2 amide bonds. The van der Waals surface area contributed by atoms with Crippen molar-refractivity contribution in [3.05, 3.63) is 0 Å². The zero-order valence-corrected chi connectivity index (χ0v) is 16.0. The molecular weight excluding hydrogens is 312 g/mol. The molecule has 0 spiro atoms. The number of hydrogen-bond acceptors (Lipinski definition) is 2. The van der Waals surface area contributed by atoms with Gasteiger partial charge in [-0.15, -0.1) is 0 Å². The Morgan fingerprint density at radius 3 is 1.24 bits per heavy atom. The maximum absolute atomic E-state index is 12.1. The molecule has 2 aliphatic rings. The first-order valence-electron chi connectivity index (χ1n) is 10.8. The highest BCUT2D eigenvalue weighted by molar-refractivity contribution is 5.79. The van der Waals surface area contributed by atoms with E-state index in [0.29, 0.717) is 31.3 Å². The second kappa shape index (κ2) is 12.3. The van der Waals surface area contributed by atoms with Gasteiger partial charge in [-0.2, -0.15) is 0 Å². The maximum atomic E-state index is 12.1. The summed E-state index contributed by atoms with van der Waals surface area (Å²) >= 11 is 0. The Balaban J connectivity index is 1.57. The van der Waals surface area contributed by atoms with Crippen LogP contribution in [0.25, 0.3) is 0 Å². The monoisotopic (exact) mass is 350 g/mol. The fourth-order valence-electron chi connectivity index (χ4n) is 4.21. The first kappa shape index (κ1) is 20.3. The Hall–Kier alpha value is -1.06. The summed E-state index contributed by atoms with van der Waals surface area (Å²) in [6.45, 7) is 0. The summed E-state index contributed by atoms with van der Waals surface area (Å²) in [7, 11) is 0. The van der Waals surface area contributed by atoms with Crippen molar-refractivity contribution in [2.45, 2.75) is 121 Å². The predicted molar refractivity (Wildman–Crippen MR) is 102 cm³/mol. The molecule has 0 aromatic rings. The Labute approximate surface area is 153 Å². The highest BCUT2D eigenvalue weighted by Gasteiger charge is 2.16. The molecule has 144 valence electrons. The zero-order valence-electron chi connectivity index (χ0n) is 16.0. The zero-order chi connectivity index (χ0) is 17.7. The van der Waals surface area contributed by atoms with Crippen LogP contribution in [0.4, 0.5) is 0 Å². The van der Waals surface area contributed by atoms with Gasteiger partial charge >= 0.3 is 0 Å². The molecular formula is C21H38N2O2. The Bertz CT molecular complexity index is 345. The van der Waals surface area contributed by atoms with Crippen molar-refractivity contribution < 1.29 is 9.59 Å². The number of hydrogen-bond donors (Lipinski definition) is 2. The molecule has 0 saturated heterocycles. The number of rotatable bonds is 6. The van der Waals surface area contributed by atoms with Crippen molar-refractivity contribution >= 4 is 11.8 Å². The third-order valence-electron chi connectivity index (χ3n) is 5.75. The van der Waals surface area contributed by atoms with Gasteiger partial charge in [-0.25, -0.2) is 0 Å². The molecule has 0 heterocycles. The molecule has 2 aliphatic carbocycles. The summed E-state index contributed by atoms with van der Waals surface area (Å²) in [6.07, 6.45) is 18.9. The largest absolute Gasteiger partial charge is 0.353 e. The lowest BCUT2D eigenvalue weighted by Crippen LogP contribution is -2.36. The van der Waals surface area contributed by atoms with Gasteiger partial charge in [0, 0.05) is 24.9 Å². The molecule has 2 rings (SSSR count). The third kappa shape index (κ3) is 9.27. The van der Waals surface area contributed by atoms with Crippen LogP contribution in [-0.2, 0) is 9.59 Å². The van der Waals surface area contributed by atoms with Crippen molar-refractivity contribution in [3.63, 3.8) is 0 Å². The average molecular weight is 351 g/mol. The maximum Gasteiger partial charge on any atom is 0.220 e. The minimum atomic E-state index is 0.129. The van der Waals surface area contributed by atoms with E-state index in [1.165, 1.54) is 64.2 Å². The van der Waals surface area contributed by atoms with Crippen molar-refractivity contribution in [1.29, 1.82) is 0 Å². The average Bonchev–Trinajstić information content (AvgIpc) is 2.52. The number of carbonyl (C=O) groups is 2. The second-order valence-electron chi connectivity index (χ2n) is 8.07. The topological polar surface area (TPSA) is 58.2 Å². The SMILES string of the molecule is O=C(CCCC(=O)NC1CCCCCCC1)NC1CCCCCCC1. The van der Waals surface area contributed by atoms with E-state index < -0.39 is 0 Å². The van der Waals surface area contributed by atoms with E-state index in [0.717, 1.165) is 25.7 Å². The molecule has 0 aliphatic heterocycles. The summed E-state index contributed by atoms with van der Waals surface area (Å²) in [5.74, 6) is 0.258. The number of carbonyl (C=O) groups excluding carboxylic acids is 2. The molecule has 4 nitrogen and oxygen atoms in total. The molecule has 0 bridgehead atoms. The standard InChI is InChI=1S/C21H38N2O2/c24-20(22-18-12-7-3-1-4-8-13-18)16-11-17-21(25)23-19-14-9-5-2-6-10-15-19/h18-19H,1-17H2,(H,22,24)(H,23,25). The van der Waals surface area contributed by atoms with Crippen LogP contribution < -0.4 is 10.6 Å². The molecule has 0 radical (unpaired) electrons. The lowest BCUT2D eigenvalue weighted by molar-refractivity contribution is -0.123. The van der Waals surface area contributed by atoms with Gasteiger partial charge < -0.3 is 10.6 Å². The van der Waals surface area contributed by atoms with Gasteiger partial charge in [-0.3, -0.25) is 9.59 Å². The van der Waals surface area contributed by atoms with Crippen LogP contribution >= 0.6 is 0 Å². The first-order chi connectivity index (χ1) is 12.2. The summed E-state index contributed by atoms with van der Waals surface area (Å²) in [5.41, 5.74) is 0. The molecule has 2 N–H and O–H groups in total. The Morgan fingerprint density at radius 2 is 0.880 bits per heavy atom. The number of nitrogens with one attached hydrogen (secondary N) is 2. The summed E-state index contributed by atoms with van der Waals surface area (Å²) in [4.78, 5) is 24.2. The molecule has 0 aromatic heterocycles. The minimum absolute atomic E-state index is 0.129. The van der Waals surface area contributed by atoms with E-state index in [1.54, 1.807) is 0 Å². The van der Waals surface area contributed by atoms with Crippen LogP contribution in [0.3, 0.4) is 0 Å². The van der Waals surface area contributed by atoms with E-state index in [-0.39, 0.29) is 11.8 Å². The fraction of sp³-hybridized carbons (Fsp3) is 0.905. The smallest absolute Gasteiger partial charge is 0.220 e. The van der Waals surface area contributed by atoms with Gasteiger partial charge in [0.25, 0.3) is 0 Å². The van der Waals surface area contributed by atoms with Crippen molar-refractivity contribution in [1.82, 2.24) is 10.6 Å². The van der Waals surface area contributed by atoms with Crippen LogP contribution in [0.1, 0.15) is 109 Å². The minimum Gasteiger partial charge on any atom is -0.353 e. The van der Waals surface area contributed by atoms with E-state index in [9.17, 15) is 9.59 Å². The van der Waals surface area contributed by atoms with Gasteiger partial charge in [0.05, 0.1) is 0 Å². The first-order valence-corrected chi connectivity index (χ1v) is 10.8. The Morgan fingerprint density at radius 1 is 0.560 bits per heavy atom. The van der Waals surface area contributed by atoms with Crippen LogP contribution in [0, 0.1) is 0 Å². The van der Waals surface area contributed by atoms with Crippen molar-refractivity contribution in [2.24, 2.45) is 0 Å². The van der Waals surface area contributed by atoms with Crippen LogP contribution in [0.5, 0.6) is 0 Å². The van der Waals surface area contributed by atoms with Gasteiger partial charge in [0.2, 0.25) is 11.8 Å². The van der Waals surface area contributed by atoms with Crippen molar-refractivity contribution in [2.75, 3.05) is 0 Å². The van der Waals surface area contributed by atoms with E-state index in [2.05, 4.69) is 10.6 Å². The molecule has 0 unspecified atom stereocenters. The predicted octanol–water partition coefficient (Wildman–Crippen LogP) is 4.61. The fourth-order valence-corrected chi connectivity index (χ4v) is 4.21. The molecule has 0 atom stereocenters. The number of amides is 2. The lowest BCUT2D eigenvalue weighted by Gasteiger charge is -2.21. The molecule has 2 fully saturated rings. The lowest BCUT2D eigenvalue weighted by atomic mass is 9.96. The van der Waals surface area contributed by atoms with Crippen LogP contribution in [0.15, 0.2) is 0 Å². The highest BCUT2D eigenvalue weighted by Crippen LogP contribution is 2.18. The molecule has 4 heteroatoms. The van der Waals surface area contributed by atoms with Gasteiger partial charge in [0.1, 0.15) is 0 Å². The normalized spacial score (nSPS) is 21.4. The van der Waals surface area contributed by atoms with E-state index in [4.69, 9.17) is 0 Å². The second-order valence-corrected chi connectivity index (χ2v) is 8.07. The summed E-state index contributed by atoms with van der Waals surface area (Å²) < 4.78 is 0. The molecule has 2 saturated carbocycles. The van der Waals surface area contributed by atoms with E-state index >= 15 is 0 Å². The van der Waals surface area contributed by atoms with Gasteiger partial charge in [-0.05, 0) is 32.1 Å². The quantitative estimate of drug-likeness (QED) is 0.734. The van der Waals surface area contributed by atoms with Crippen LogP contribution in [0.2, 0.25) is 0 Å². The van der Waals surface area contributed by atoms with Gasteiger partial charge in [0.15, 0.2) is 0 Å². The van der Waals surface area contributed by atoms with Crippen molar-refractivity contribution in [3.8, 4) is 0 Å². The summed E-state index contributed by atoms with van der Waals surface area (Å²) in [6, 6.07) is 0.716. The highest BCUT2D eigenvalue weighted by atomic mass is 16.2. The summed E-state index contributed by atoms with van der Waals surface area (Å²) in [5, 5.41) is 6.37. The Kier molecular flexibility index (Phi) is 9.98. The van der Waals surface area contributed by atoms with Crippen LogP contribution in [-0.4, -0.2) is 23.9 Å².